The van der Waals surface area contributed by atoms with Crippen molar-refractivity contribution in [2.75, 3.05) is 12.9 Å². The Hall–Kier alpha value is -1.89. The van der Waals surface area contributed by atoms with Crippen molar-refractivity contribution in [2.24, 2.45) is 0 Å². The van der Waals surface area contributed by atoms with Gasteiger partial charge in [0.25, 0.3) is 0 Å². The molecular weight excluding hydrogens is 268 g/mol. The number of hydrogen-bond donors (Lipinski definition) is 0. The van der Waals surface area contributed by atoms with E-state index in [4.69, 9.17) is 0 Å². The van der Waals surface area contributed by atoms with E-state index in [2.05, 4.69) is 9.72 Å². The van der Waals surface area contributed by atoms with Crippen LogP contribution in [0.3, 0.4) is 0 Å². The number of fused-ring (bicyclic) bond motifs is 1. The summed E-state index contributed by atoms with van der Waals surface area (Å²) in [6.45, 7) is 3.37. The van der Waals surface area contributed by atoms with Gasteiger partial charge in [-0.25, -0.2) is 18.2 Å². The fourth-order valence-corrected chi connectivity index (χ4v) is 2.74. The van der Waals surface area contributed by atoms with Gasteiger partial charge in [-0.15, -0.1) is 0 Å². The van der Waals surface area contributed by atoms with Gasteiger partial charge >= 0.3 is 5.97 Å². The average molecular weight is 282 g/mol. The van der Waals surface area contributed by atoms with Gasteiger partial charge in [0, 0.05) is 6.20 Å². The van der Waals surface area contributed by atoms with Gasteiger partial charge in [-0.2, -0.15) is 0 Å². The molecular formula is C12H14N2O4S. The summed E-state index contributed by atoms with van der Waals surface area (Å²) in [7, 11) is -2.38. The molecule has 0 N–H and O–H groups in total. The number of aromatic nitrogens is 2. The van der Waals surface area contributed by atoms with E-state index in [1.807, 2.05) is 6.92 Å². The van der Waals surface area contributed by atoms with Crippen molar-refractivity contribution in [2.45, 2.75) is 18.9 Å². The van der Waals surface area contributed by atoms with Crippen molar-refractivity contribution in [1.29, 1.82) is 0 Å². The minimum Gasteiger partial charge on any atom is -0.464 e. The van der Waals surface area contributed by atoms with E-state index in [0.29, 0.717) is 5.65 Å². The molecule has 0 fully saturated rings. The molecule has 0 saturated carbocycles. The van der Waals surface area contributed by atoms with Crippen LogP contribution in [0, 0.1) is 6.92 Å². The molecule has 2 heterocycles. The van der Waals surface area contributed by atoms with Gasteiger partial charge in [-0.3, -0.25) is 4.40 Å². The van der Waals surface area contributed by atoms with Crippen molar-refractivity contribution in [3.8, 4) is 0 Å². The number of imidazole rings is 1. The lowest BCUT2D eigenvalue weighted by atomic mass is 10.3. The molecule has 0 aliphatic rings. The Balaban J connectivity index is 2.87. The molecule has 0 saturated heterocycles. The zero-order valence-electron chi connectivity index (χ0n) is 10.9. The highest BCUT2D eigenvalue weighted by Gasteiger charge is 2.28. The second-order valence-electron chi connectivity index (χ2n) is 4.09. The molecule has 0 amide bonds. The van der Waals surface area contributed by atoms with Crippen molar-refractivity contribution in [1.82, 2.24) is 9.38 Å². The molecule has 0 bridgehead atoms. The molecule has 2 rings (SSSR count). The Labute approximate surface area is 110 Å². The summed E-state index contributed by atoms with van der Waals surface area (Å²) in [5.41, 5.74) is 1.28. The van der Waals surface area contributed by atoms with Crippen LogP contribution in [0.5, 0.6) is 0 Å². The van der Waals surface area contributed by atoms with Crippen LogP contribution in [-0.4, -0.2) is 36.6 Å². The van der Waals surface area contributed by atoms with E-state index in [0.717, 1.165) is 5.56 Å². The summed E-state index contributed by atoms with van der Waals surface area (Å²) >= 11 is 0. The van der Waals surface area contributed by atoms with E-state index < -0.39 is 15.8 Å². The predicted molar refractivity (Wildman–Crippen MR) is 69.0 cm³/mol. The quantitative estimate of drug-likeness (QED) is 0.791. The molecule has 0 unspecified atom stereocenters. The Bertz CT molecular complexity index is 746. The van der Waals surface area contributed by atoms with Crippen molar-refractivity contribution in [3.63, 3.8) is 0 Å². The third-order valence-electron chi connectivity index (χ3n) is 2.80. The lowest BCUT2D eigenvalue weighted by molar-refractivity contribution is 0.0588. The normalized spacial score (nSPS) is 11.7. The second kappa shape index (κ2) is 4.65. The van der Waals surface area contributed by atoms with Gasteiger partial charge in [0.2, 0.25) is 0 Å². The largest absolute Gasteiger partial charge is 0.464 e. The van der Waals surface area contributed by atoms with Crippen LogP contribution in [0.1, 0.15) is 23.0 Å². The SMILES string of the molecule is CCS(=O)(=O)c1nc2cc(C)ccn2c1C(=O)OC. The third-order valence-corrected chi connectivity index (χ3v) is 4.44. The maximum absolute atomic E-state index is 12.0. The standard InChI is InChI=1S/C12H14N2O4S/c1-4-19(16,17)11-10(12(15)18-3)14-6-5-8(2)7-9(14)13-11/h5-7H,4H2,1-3H3. The lowest BCUT2D eigenvalue weighted by Crippen LogP contribution is -2.13. The number of aryl methyl sites for hydroxylation is 1. The molecule has 6 nitrogen and oxygen atoms in total. The molecule has 7 heteroatoms. The minimum atomic E-state index is -3.59. The van der Waals surface area contributed by atoms with E-state index in [1.54, 1.807) is 18.3 Å². The first-order valence-electron chi connectivity index (χ1n) is 5.70. The number of pyridine rings is 1. The van der Waals surface area contributed by atoms with Gasteiger partial charge in [0.05, 0.1) is 12.9 Å². The number of methoxy groups -OCH3 is 1. The molecule has 0 radical (unpaired) electrons. The first-order valence-corrected chi connectivity index (χ1v) is 7.35. The smallest absolute Gasteiger partial charge is 0.358 e. The fourth-order valence-electron chi connectivity index (χ4n) is 1.76. The van der Waals surface area contributed by atoms with Crippen LogP contribution in [0.25, 0.3) is 5.65 Å². The maximum atomic E-state index is 12.0. The van der Waals surface area contributed by atoms with Crippen LogP contribution in [0.2, 0.25) is 0 Å². The van der Waals surface area contributed by atoms with Gasteiger partial charge < -0.3 is 4.74 Å². The van der Waals surface area contributed by atoms with Gasteiger partial charge in [0.15, 0.2) is 20.6 Å². The first kappa shape index (κ1) is 13.5. The van der Waals surface area contributed by atoms with Crippen LogP contribution < -0.4 is 0 Å². The number of nitrogens with zero attached hydrogens (tertiary/aromatic N) is 2. The van der Waals surface area contributed by atoms with Crippen molar-refractivity contribution >= 4 is 21.5 Å². The molecule has 0 atom stereocenters. The Morgan fingerprint density at radius 2 is 2.16 bits per heavy atom. The molecule has 19 heavy (non-hydrogen) atoms. The van der Waals surface area contributed by atoms with Crippen LogP contribution in [0.4, 0.5) is 0 Å². The van der Waals surface area contributed by atoms with E-state index in [1.165, 1.54) is 18.4 Å². The van der Waals surface area contributed by atoms with E-state index >= 15 is 0 Å². The lowest BCUT2D eigenvalue weighted by Gasteiger charge is -2.02. The monoisotopic (exact) mass is 282 g/mol. The average Bonchev–Trinajstić information content (AvgIpc) is 2.76. The van der Waals surface area contributed by atoms with Crippen LogP contribution >= 0.6 is 0 Å². The summed E-state index contributed by atoms with van der Waals surface area (Å²) in [5.74, 6) is -0.844. The predicted octanol–water partition coefficient (Wildman–Crippen LogP) is 1.22. The Kier molecular flexibility index (Phi) is 3.32. The van der Waals surface area contributed by atoms with Crippen molar-refractivity contribution in [3.05, 3.63) is 29.6 Å². The molecule has 0 aromatic carbocycles. The zero-order valence-corrected chi connectivity index (χ0v) is 11.7. The van der Waals surface area contributed by atoms with Crippen LogP contribution in [0.15, 0.2) is 23.4 Å². The number of carbonyl (C=O) groups is 1. The van der Waals surface area contributed by atoms with Gasteiger partial charge in [0.1, 0.15) is 5.65 Å². The molecule has 0 spiro atoms. The van der Waals surface area contributed by atoms with E-state index in [9.17, 15) is 13.2 Å². The summed E-state index contributed by atoms with van der Waals surface area (Å²) < 4.78 is 30.1. The maximum Gasteiger partial charge on any atom is 0.358 e. The van der Waals surface area contributed by atoms with Crippen molar-refractivity contribution < 1.29 is 17.9 Å². The summed E-state index contributed by atoms with van der Waals surface area (Å²) in [4.78, 5) is 15.9. The highest BCUT2D eigenvalue weighted by molar-refractivity contribution is 7.91. The van der Waals surface area contributed by atoms with E-state index in [-0.39, 0.29) is 16.5 Å². The fraction of sp³-hybridized carbons (Fsp3) is 0.333. The first-order chi connectivity index (χ1) is 8.90. The van der Waals surface area contributed by atoms with Gasteiger partial charge in [-0.1, -0.05) is 6.92 Å². The number of hydrogen-bond acceptors (Lipinski definition) is 5. The molecule has 2 aromatic rings. The second-order valence-corrected chi connectivity index (χ2v) is 6.29. The number of carbonyl (C=O) groups excluding carboxylic acids is 1. The summed E-state index contributed by atoms with van der Waals surface area (Å²) in [5, 5.41) is -0.229. The number of esters is 1. The zero-order chi connectivity index (χ0) is 14.2. The summed E-state index contributed by atoms with van der Waals surface area (Å²) in [6.07, 6.45) is 1.61. The topological polar surface area (TPSA) is 77.7 Å². The van der Waals surface area contributed by atoms with Gasteiger partial charge in [-0.05, 0) is 24.6 Å². The number of ether oxygens (including phenoxy) is 1. The van der Waals surface area contributed by atoms with Crippen LogP contribution in [-0.2, 0) is 14.6 Å². The minimum absolute atomic E-state index is 0.0562. The molecule has 102 valence electrons. The highest BCUT2D eigenvalue weighted by Crippen LogP contribution is 2.20. The number of rotatable bonds is 3. The Morgan fingerprint density at radius 1 is 1.47 bits per heavy atom. The summed E-state index contributed by atoms with van der Waals surface area (Å²) in [6, 6.07) is 3.48. The molecule has 0 aliphatic carbocycles. The highest BCUT2D eigenvalue weighted by atomic mass is 32.2. The molecule has 0 aliphatic heterocycles. The molecule has 2 aromatic heterocycles. The number of sulfone groups is 1. The third kappa shape index (κ3) is 2.21. The Morgan fingerprint density at radius 3 is 2.74 bits per heavy atom.